The SMILES string of the molecule is Cc1ccc(C(C)C)c(OCC(=O)Nc2ccc(-n3cnnn3)cc2)c1. The number of ether oxygens (including phenoxy) is 1. The van der Waals surface area contributed by atoms with Gasteiger partial charge in [-0.2, -0.15) is 0 Å². The van der Waals surface area contributed by atoms with Crippen LogP contribution in [-0.2, 0) is 4.79 Å². The molecule has 0 saturated heterocycles. The fraction of sp³-hybridized carbons (Fsp3) is 0.263. The van der Waals surface area contributed by atoms with E-state index < -0.39 is 0 Å². The Morgan fingerprint density at radius 1 is 1.19 bits per heavy atom. The second kappa shape index (κ2) is 7.77. The van der Waals surface area contributed by atoms with Crippen LogP contribution >= 0.6 is 0 Å². The minimum absolute atomic E-state index is 0.0437. The number of benzene rings is 2. The summed E-state index contributed by atoms with van der Waals surface area (Å²) in [5.74, 6) is 0.869. The van der Waals surface area contributed by atoms with Crippen molar-refractivity contribution in [1.29, 1.82) is 0 Å². The molecule has 7 nitrogen and oxygen atoms in total. The summed E-state index contributed by atoms with van der Waals surface area (Å²) in [4.78, 5) is 12.2. The molecule has 0 aliphatic heterocycles. The van der Waals surface area contributed by atoms with Crippen LogP contribution in [0.4, 0.5) is 5.69 Å². The Hall–Kier alpha value is -3.22. The Labute approximate surface area is 152 Å². The molecule has 1 N–H and O–H groups in total. The summed E-state index contributed by atoms with van der Waals surface area (Å²) in [6.07, 6.45) is 1.51. The first-order valence-corrected chi connectivity index (χ1v) is 8.39. The van der Waals surface area contributed by atoms with Crippen LogP contribution in [0.3, 0.4) is 0 Å². The molecule has 0 fully saturated rings. The molecule has 1 heterocycles. The van der Waals surface area contributed by atoms with Gasteiger partial charge in [-0.25, -0.2) is 4.68 Å². The second-order valence-electron chi connectivity index (χ2n) is 6.33. The topological polar surface area (TPSA) is 81.9 Å². The fourth-order valence-corrected chi connectivity index (χ4v) is 2.56. The maximum atomic E-state index is 12.2. The highest BCUT2D eigenvalue weighted by Crippen LogP contribution is 2.27. The molecule has 1 aromatic heterocycles. The minimum atomic E-state index is -0.212. The van der Waals surface area contributed by atoms with Crippen molar-refractivity contribution in [3.05, 3.63) is 59.9 Å². The summed E-state index contributed by atoms with van der Waals surface area (Å²) in [5.41, 5.74) is 3.69. The second-order valence-corrected chi connectivity index (χ2v) is 6.33. The van der Waals surface area contributed by atoms with Crippen LogP contribution in [0.5, 0.6) is 5.75 Å². The Morgan fingerprint density at radius 3 is 2.62 bits per heavy atom. The van der Waals surface area contributed by atoms with E-state index in [1.807, 2.05) is 31.2 Å². The Kier molecular flexibility index (Phi) is 5.26. The van der Waals surface area contributed by atoms with E-state index in [1.54, 1.807) is 16.8 Å². The van der Waals surface area contributed by atoms with Gasteiger partial charge in [-0.1, -0.05) is 26.0 Å². The van der Waals surface area contributed by atoms with E-state index in [-0.39, 0.29) is 12.5 Å². The van der Waals surface area contributed by atoms with Gasteiger partial charge in [0.15, 0.2) is 6.61 Å². The molecule has 3 aromatic rings. The van der Waals surface area contributed by atoms with Crippen LogP contribution in [0.25, 0.3) is 5.69 Å². The molecule has 0 spiro atoms. The van der Waals surface area contributed by atoms with E-state index >= 15 is 0 Å². The Bertz CT molecular complexity index is 873. The molecule has 0 radical (unpaired) electrons. The molecule has 1 amide bonds. The monoisotopic (exact) mass is 351 g/mol. The molecule has 3 rings (SSSR count). The molecule has 0 unspecified atom stereocenters. The fourth-order valence-electron chi connectivity index (χ4n) is 2.56. The maximum absolute atomic E-state index is 12.2. The number of amides is 1. The smallest absolute Gasteiger partial charge is 0.262 e. The number of anilines is 1. The van der Waals surface area contributed by atoms with Gasteiger partial charge in [0.05, 0.1) is 5.69 Å². The molecular formula is C19H21N5O2. The van der Waals surface area contributed by atoms with Gasteiger partial charge in [0.25, 0.3) is 5.91 Å². The lowest BCUT2D eigenvalue weighted by Crippen LogP contribution is -2.20. The largest absolute Gasteiger partial charge is 0.483 e. The third-order valence-corrected chi connectivity index (χ3v) is 3.91. The number of hydrogen-bond acceptors (Lipinski definition) is 5. The van der Waals surface area contributed by atoms with Gasteiger partial charge in [-0.3, -0.25) is 4.79 Å². The van der Waals surface area contributed by atoms with Gasteiger partial charge in [-0.15, -0.1) is 5.10 Å². The van der Waals surface area contributed by atoms with Crippen molar-refractivity contribution in [2.75, 3.05) is 11.9 Å². The van der Waals surface area contributed by atoms with E-state index in [0.717, 1.165) is 22.6 Å². The number of nitrogens with zero attached hydrogens (tertiary/aromatic N) is 4. The maximum Gasteiger partial charge on any atom is 0.262 e. The molecule has 0 aliphatic rings. The van der Waals surface area contributed by atoms with Crippen molar-refractivity contribution in [3.63, 3.8) is 0 Å². The highest BCUT2D eigenvalue weighted by molar-refractivity contribution is 5.91. The number of tetrazole rings is 1. The first-order valence-electron chi connectivity index (χ1n) is 8.39. The zero-order chi connectivity index (χ0) is 18.5. The third-order valence-electron chi connectivity index (χ3n) is 3.91. The van der Waals surface area contributed by atoms with Crippen LogP contribution in [-0.4, -0.2) is 32.7 Å². The highest BCUT2D eigenvalue weighted by atomic mass is 16.5. The Morgan fingerprint density at radius 2 is 1.96 bits per heavy atom. The van der Waals surface area contributed by atoms with Gasteiger partial charge in [0.1, 0.15) is 12.1 Å². The average Bonchev–Trinajstić information content (AvgIpc) is 3.15. The van der Waals surface area contributed by atoms with Crippen molar-refractivity contribution in [2.24, 2.45) is 0 Å². The molecule has 7 heteroatoms. The predicted molar refractivity (Wildman–Crippen MR) is 98.5 cm³/mol. The van der Waals surface area contributed by atoms with E-state index in [0.29, 0.717) is 11.6 Å². The number of carbonyl (C=O) groups excluding carboxylic acids is 1. The quantitative estimate of drug-likeness (QED) is 0.738. The molecule has 0 saturated carbocycles. The molecule has 0 atom stereocenters. The summed E-state index contributed by atoms with van der Waals surface area (Å²) < 4.78 is 7.29. The van der Waals surface area contributed by atoms with Crippen molar-refractivity contribution in [1.82, 2.24) is 20.2 Å². The van der Waals surface area contributed by atoms with Gasteiger partial charge in [0, 0.05) is 5.69 Å². The van der Waals surface area contributed by atoms with Gasteiger partial charge >= 0.3 is 0 Å². The van der Waals surface area contributed by atoms with Crippen molar-refractivity contribution in [3.8, 4) is 11.4 Å². The zero-order valence-corrected chi connectivity index (χ0v) is 15.0. The molecular weight excluding hydrogens is 330 g/mol. The van der Waals surface area contributed by atoms with E-state index in [9.17, 15) is 4.79 Å². The van der Waals surface area contributed by atoms with Crippen molar-refractivity contribution in [2.45, 2.75) is 26.7 Å². The Balaban J connectivity index is 1.60. The first kappa shape index (κ1) is 17.6. The number of rotatable bonds is 6. The summed E-state index contributed by atoms with van der Waals surface area (Å²) >= 11 is 0. The number of carbonyl (C=O) groups is 1. The zero-order valence-electron chi connectivity index (χ0n) is 15.0. The van der Waals surface area contributed by atoms with Gasteiger partial charge < -0.3 is 10.1 Å². The lowest BCUT2D eigenvalue weighted by molar-refractivity contribution is -0.118. The summed E-state index contributed by atoms with van der Waals surface area (Å²) in [7, 11) is 0. The average molecular weight is 351 g/mol. The van der Waals surface area contributed by atoms with Crippen LogP contribution < -0.4 is 10.1 Å². The molecule has 26 heavy (non-hydrogen) atoms. The molecule has 0 bridgehead atoms. The van der Waals surface area contributed by atoms with Crippen molar-refractivity contribution >= 4 is 11.6 Å². The normalized spacial score (nSPS) is 10.8. The van der Waals surface area contributed by atoms with E-state index in [4.69, 9.17) is 4.74 Å². The van der Waals surface area contributed by atoms with Crippen LogP contribution in [0.1, 0.15) is 30.9 Å². The summed E-state index contributed by atoms with van der Waals surface area (Å²) in [6.45, 7) is 6.16. The molecule has 2 aromatic carbocycles. The molecule has 0 aliphatic carbocycles. The van der Waals surface area contributed by atoms with Crippen molar-refractivity contribution < 1.29 is 9.53 Å². The number of aryl methyl sites for hydroxylation is 1. The number of nitrogens with one attached hydrogen (secondary N) is 1. The predicted octanol–water partition coefficient (Wildman–Crippen LogP) is 3.11. The third kappa shape index (κ3) is 4.24. The lowest BCUT2D eigenvalue weighted by Gasteiger charge is -2.15. The van der Waals surface area contributed by atoms with Crippen LogP contribution in [0.2, 0.25) is 0 Å². The minimum Gasteiger partial charge on any atom is -0.483 e. The lowest BCUT2D eigenvalue weighted by atomic mass is 10.0. The van der Waals surface area contributed by atoms with Crippen LogP contribution in [0, 0.1) is 6.92 Å². The van der Waals surface area contributed by atoms with Gasteiger partial charge in [-0.05, 0) is 64.7 Å². The highest BCUT2D eigenvalue weighted by Gasteiger charge is 2.10. The first-order chi connectivity index (χ1) is 12.5. The van der Waals surface area contributed by atoms with E-state index in [1.165, 1.54) is 6.33 Å². The van der Waals surface area contributed by atoms with Gasteiger partial charge in [0.2, 0.25) is 0 Å². The standard InChI is InChI=1S/C19H21N5O2/c1-13(2)17-9-4-14(3)10-18(17)26-11-19(25)21-15-5-7-16(8-6-15)24-12-20-22-23-24/h4-10,12-13H,11H2,1-3H3,(H,21,25). The van der Waals surface area contributed by atoms with Crippen LogP contribution in [0.15, 0.2) is 48.8 Å². The van der Waals surface area contributed by atoms with E-state index in [2.05, 4.69) is 40.8 Å². The summed E-state index contributed by atoms with van der Waals surface area (Å²) in [6, 6.07) is 13.3. The number of aromatic nitrogens is 4. The number of hydrogen-bond donors (Lipinski definition) is 1. The summed E-state index contributed by atoms with van der Waals surface area (Å²) in [5, 5.41) is 13.8. The molecule has 134 valence electrons.